The highest BCUT2D eigenvalue weighted by Gasteiger charge is 1.92. The van der Waals surface area contributed by atoms with Gasteiger partial charge in [-0.3, -0.25) is 0 Å². The zero-order valence-corrected chi connectivity index (χ0v) is 5.77. The molecule has 0 aliphatic carbocycles. The molecule has 0 aliphatic rings. The van der Waals surface area contributed by atoms with E-state index in [1.54, 1.807) is 0 Å². The minimum atomic E-state index is 0.226. The van der Waals surface area contributed by atoms with Crippen LogP contribution >= 0.6 is 12.2 Å². The van der Waals surface area contributed by atoms with Crippen LogP contribution in [0.15, 0.2) is 6.20 Å². The molecule has 0 aliphatic heterocycles. The van der Waals surface area contributed by atoms with Crippen LogP contribution in [0.25, 0.3) is 0 Å². The number of H-pyrrole nitrogens is 1. The first-order chi connectivity index (χ1) is 4.74. The van der Waals surface area contributed by atoms with Crippen molar-refractivity contribution in [1.29, 1.82) is 5.26 Å². The normalized spacial score (nSPS) is 8.70. The highest BCUT2D eigenvalue weighted by Crippen LogP contribution is 1.97. The number of nitriles is 1. The van der Waals surface area contributed by atoms with Gasteiger partial charge in [-0.2, -0.15) is 5.26 Å². The summed E-state index contributed by atoms with van der Waals surface area (Å²) in [7, 11) is 0. The molecule has 10 heavy (non-hydrogen) atoms. The first kappa shape index (κ1) is 6.71. The van der Waals surface area contributed by atoms with Crippen molar-refractivity contribution in [2.24, 2.45) is 0 Å². The van der Waals surface area contributed by atoms with Gasteiger partial charge in [0.15, 0.2) is 5.95 Å². The highest BCUT2D eigenvalue weighted by molar-refractivity contribution is 7.71. The van der Waals surface area contributed by atoms with Crippen molar-refractivity contribution < 1.29 is 0 Å². The summed E-state index contributed by atoms with van der Waals surface area (Å²) < 4.78 is 0.329. The highest BCUT2D eigenvalue weighted by atomic mass is 32.1. The molecule has 50 valence electrons. The minimum absolute atomic E-state index is 0.226. The van der Waals surface area contributed by atoms with Crippen LogP contribution in [0.5, 0.6) is 0 Å². The molecule has 0 bridgehead atoms. The minimum Gasteiger partial charge on any atom is -0.369 e. The Morgan fingerprint density at radius 1 is 1.80 bits per heavy atom. The molecule has 4 nitrogen and oxygen atoms in total. The van der Waals surface area contributed by atoms with E-state index in [4.69, 9.17) is 23.2 Å². The maximum atomic E-state index is 8.39. The Kier molecular flexibility index (Phi) is 1.65. The summed E-state index contributed by atoms with van der Waals surface area (Å²) >= 11 is 4.74. The maximum absolute atomic E-state index is 8.39. The van der Waals surface area contributed by atoms with E-state index < -0.39 is 0 Å². The Morgan fingerprint density at radius 2 is 2.50 bits per heavy atom. The van der Waals surface area contributed by atoms with E-state index in [9.17, 15) is 0 Å². The summed E-state index contributed by atoms with van der Waals surface area (Å²) in [6.45, 7) is 0. The molecule has 0 saturated heterocycles. The van der Waals surface area contributed by atoms with Gasteiger partial charge in [0.25, 0.3) is 0 Å². The van der Waals surface area contributed by atoms with Crippen LogP contribution in [0.2, 0.25) is 0 Å². The van der Waals surface area contributed by atoms with Gasteiger partial charge in [0, 0.05) is 0 Å². The molecule has 1 aromatic rings. The van der Waals surface area contributed by atoms with Crippen LogP contribution in [0.1, 0.15) is 5.56 Å². The first-order valence-corrected chi connectivity index (χ1v) is 2.90. The number of nitrogens with two attached hydrogens (primary N) is 1. The van der Waals surface area contributed by atoms with Crippen molar-refractivity contribution >= 4 is 18.2 Å². The Hall–Kier alpha value is -1.41. The van der Waals surface area contributed by atoms with E-state index in [-0.39, 0.29) is 5.95 Å². The Bertz CT molecular complexity index is 334. The largest absolute Gasteiger partial charge is 0.369 e. The summed E-state index contributed by atoms with van der Waals surface area (Å²) in [5.74, 6) is 0.226. The molecule has 0 aromatic carbocycles. The lowest BCUT2D eigenvalue weighted by molar-refractivity contribution is 1.15. The fourth-order valence-corrected chi connectivity index (χ4v) is 0.691. The van der Waals surface area contributed by atoms with Crippen LogP contribution in [0.4, 0.5) is 5.95 Å². The fourth-order valence-electron chi connectivity index (χ4n) is 0.488. The SMILES string of the molecule is N#Cc1cnc(N)[nH]c1=S. The zero-order chi connectivity index (χ0) is 7.56. The summed E-state index contributed by atoms with van der Waals surface area (Å²) in [4.78, 5) is 6.19. The molecule has 0 atom stereocenters. The topological polar surface area (TPSA) is 78.5 Å². The van der Waals surface area contributed by atoms with Gasteiger partial charge in [0.2, 0.25) is 0 Å². The average molecular weight is 152 g/mol. The number of hydrogen-bond acceptors (Lipinski definition) is 4. The van der Waals surface area contributed by atoms with Crippen LogP contribution in [-0.4, -0.2) is 9.97 Å². The molecule has 0 spiro atoms. The van der Waals surface area contributed by atoms with Gasteiger partial charge in [-0.25, -0.2) is 4.98 Å². The predicted molar refractivity (Wildman–Crippen MR) is 38.5 cm³/mol. The number of anilines is 1. The quantitative estimate of drug-likeness (QED) is 0.533. The smallest absolute Gasteiger partial charge is 0.198 e. The number of nitrogens with one attached hydrogen (secondary N) is 1. The number of nitrogen functional groups attached to an aromatic ring is 1. The predicted octanol–water partition coefficient (Wildman–Crippen LogP) is 0.593. The van der Waals surface area contributed by atoms with E-state index in [0.717, 1.165) is 0 Å². The number of rotatable bonds is 0. The molecule has 0 radical (unpaired) electrons. The molecule has 0 unspecified atom stereocenters. The van der Waals surface area contributed by atoms with Crippen molar-refractivity contribution in [1.82, 2.24) is 9.97 Å². The maximum Gasteiger partial charge on any atom is 0.198 e. The van der Waals surface area contributed by atoms with E-state index in [2.05, 4.69) is 9.97 Å². The van der Waals surface area contributed by atoms with E-state index >= 15 is 0 Å². The molecule has 1 heterocycles. The fraction of sp³-hybridized carbons (Fsp3) is 0. The Labute approximate surface area is 62.3 Å². The van der Waals surface area contributed by atoms with Gasteiger partial charge in [-0.15, -0.1) is 0 Å². The van der Waals surface area contributed by atoms with Crippen LogP contribution in [0, 0.1) is 16.0 Å². The zero-order valence-electron chi connectivity index (χ0n) is 4.96. The summed E-state index contributed by atoms with van der Waals surface area (Å²) in [5, 5.41) is 8.39. The number of hydrogen-bond donors (Lipinski definition) is 2. The second-order valence-electron chi connectivity index (χ2n) is 1.62. The van der Waals surface area contributed by atoms with Gasteiger partial charge < -0.3 is 10.7 Å². The van der Waals surface area contributed by atoms with Crippen LogP contribution in [0.3, 0.4) is 0 Å². The lowest BCUT2D eigenvalue weighted by Gasteiger charge is -1.90. The average Bonchev–Trinajstić information content (AvgIpc) is 1.88. The third-order valence-electron chi connectivity index (χ3n) is 0.939. The summed E-state index contributed by atoms with van der Waals surface area (Å²) in [6, 6.07) is 1.87. The first-order valence-electron chi connectivity index (χ1n) is 2.49. The van der Waals surface area contributed by atoms with Gasteiger partial charge in [0.1, 0.15) is 16.3 Å². The van der Waals surface area contributed by atoms with Crippen molar-refractivity contribution in [3.63, 3.8) is 0 Å². The van der Waals surface area contributed by atoms with E-state index in [0.29, 0.717) is 10.2 Å². The molecule has 0 amide bonds. The Balaban J connectivity index is 3.38. The molecular formula is C5H4N4S. The second kappa shape index (κ2) is 2.45. The van der Waals surface area contributed by atoms with Crippen molar-refractivity contribution in [2.75, 3.05) is 5.73 Å². The third-order valence-corrected chi connectivity index (χ3v) is 1.26. The number of aromatic amines is 1. The lowest BCUT2D eigenvalue weighted by Crippen LogP contribution is -1.95. The van der Waals surface area contributed by atoms with Crippen molar-refractivity contribution in [3.8, 4) is 6.07 Å². The monoisotopic (exact) mass is 152 g/mol. The molecule has 0 fully saturated rings. The second-order valence-corrected chi connectivity index (χ2v) is 2.03. The van der Waals surface area contributed by atoms with Crippen molar-refractivity contribution in [2.45, 2.75) is 0 Å². The Morgan fingerprint density at radius 3 is 3.00 bits per heavy atom. The molecule has 1 rings (SSSR count). The lowest BCUT2D eigenvalue weighted by atomic mass is 10.4. The van der Waals surface area contributed by atoms with Gasteiger partial charge >= 0.3 is 0 Å². The summed E-state index contributed by atoms with van der Waals surface area (Å²) in [5.41, 5.74) is 5.58. The molecule has 0 saturated carbocycles. The molecular weight excluding hydrogens is 148 g/mol. The van der Waals surface area contributed by atoms with Gasteiger partial charge in [0.05, 0.1) is 6.20 Å². The standard InChI is InChI=1S/C5H4N4S/c6-1-3-2-8-5(7)9-4(3)10/h2H,(H3,7,8,9,10). The molecule has 5 heteroatoms. The van der Waals surface area contributed by atoms with Crippen molar-refractivity contribution in [3.05, 3.63) is 16.4 Å². The summed E-state index contributed by atoms with van der Waals surface area (Å²) in [6.07, 6.45) is 1.34. The number of aromatic nitrogens is 2. The van der Waals surface area contributed by atoms with Crippen LogP contribution in [-0.2, 0) is 0 Å². The molecule has 1 aromatic heterocycles. The van der Waals surface area contributed by atoms with Crippen LogP contribution < -0.4 is 5.73 Å². The van der Waals surface area contributed by atoms with Gasteiger partial charge in [-0.05, 0) is 0 Å². The van der Waals surface area contributed by atoms with E-state index in [1.165, 1.54) is 6.20 Å². The molecule has 3 N–H and O–H groups in total. The van der Waals surface area contributed by atoms with Gasteiger partial charge in [-0.1, -0.05) is 12.2 Å². The van der Waals surface area contributed by atoms with E-state index in [1.807, 2.05) is 6.07 Å². The third kappa shape index (κ3) is 1.11. The number of nitrogens with zero attached hydrogens (tertiary/aromatic N) is 2.